The molecule has 41 heavy (non-hydrogen) atoms. The number of benzene rings is 3. The summed E-state index contributed by atoms with van der Waals surface area (Å²) in [6.45, 7) is 6.45. The molecule has 0 aliphatic carbocycles. The lowest BCUT2D eigenvalue weighted by atomic mass is 9.82. The summed E-state index contributed by atoms with van der Waals surface area (Å²) in [4.78, 5) is 28.2. The zero-order chi connectivity index (χ0) is 29.1. The Morgan fingerprint density at radius 3 is 2.37 bits per heavy atom. The standard InChI is InChI=1S/C32H35FN2O6/c1-4-19-8-7-9-20(5-2)30(19)34-28(36)17-35-16-23(21-10-13-26-27(15-21)41-18-40-26)29(32(37)38)31(35)22-11-12-25(39-6-3)24(33)14-22/h7-15,23,29,31H,4-6,16-18H2,1-3H3,(H,34,36)(H,37,38). The zero-order valence-corrected chi connectivity index (χ0v) is 23.5. The van der Waals surface area contributed by atoms with Gasteiger partial charge in [-0.25, -0.2) is 4.39 Å². The molecule has 5 rings (SSSR count). The summed E-state index contributed by atoms with van der Waals surface area (Å²) in [6, 6.07) is 15.1. The molecule has 1 amide bonds. The molecule has 0 bridgehead atoms. The Hall–Kier alpha value is -4.11. The number of hydrogen-bond donors (Lipinski definition) is 2. The van der Waals surface area contributed by atoms with Gasteiger partial charge in [-0.1, -0.05) is 44.2 Å². The monoisotopic (exact) mass is 562 g/mol. The second kappa shape index (κ2) is 12.2. The second-order valence-corrected chi connectivity index (χ2v) is 10.3. The first-order valence-corrected chi connectivity index (χ1v) is 14.0. The Bertz CT molecular complexity index is 1420. The van der Waals surface area contributed by atoms with Crippen LogP contribution >= 0.6 is 0 Å². The topological polar surface area (TPSA) is 97.3 Å². The minimum atomic E-state index is -1.03. The predicted molar refractivity (Wildman–Crippen MR) is 152 cm³/mol. The third-order valence-corrected chi connectivity index (χ3v) is 7.92. The number of carbonyl (C=O) groups excluding carboxylic acids is 1. The van der Waals surface area contributed by atoms with E-state index >= 15 is 4.39 Å². The van der Waals surface area contributed by atoms with E-state index in [0.29, 0.717) is 23.7 Å². The van der Waals surface area contributed by atoms with Gasteiger partial charge in [-0.2, -0.15) is 0 Å². The molecule has 3 atom stereocenters. The highest BCUT2D eigenvalue weighted by molar-refractivity contribution is 5.94. The lowest BCUT2D eigenvalue weighted by Crippen LogP contribution is -2.35. The van der Waals surface area contributed by atoms with E-state index in [1.54, 1.807) is 25.1 Å². The van der Waals surface area contributed by atoms with E-state index in [9.17, 15) is 14.7 Å². The van der Waals surface area contributed by atoms with Crippen molar-refractivity contribution in [2.45, 2.75) is 45.6 Å². The van der Waals surface area contributed by atoms with Crippen molar-refractivity contribution >= 4 is 17.6 Å². The first-order chi connectivity index (χ1) is 19.8. The number of likely N-dealkylation sites (tertiary alicyclic amines) is 1. The molecule has 3 aromatic carbocycles. The summed E-state index contributed by atoms with van der Waals surface area (Å²) in [5.74, 6) is -2.05. The fourth-order valence-electron chi connectivity index (χ4n) is 6.01. The van der Waals surface area contributed by atoms with Crippen molar-refractivity contribution < 1.29 is 33.3 Å². The maximum atomic E-state index is 15.0. The van der Waals surface area contributed by atoms with Crippen LogP contribution in [0.15, 0.2) is 54.6 Å². The number of amides is 1. The van der Waals surface area contributed by atoms with Crippen LogP contribution in [-0.2, 0) is 22.4 Å². The van der Waals surface area contributed by atoms with Crippen molar-refractivity contribution in [3.63, 3.8) is 0 Å². The van der Waals surface area contributed by atoms with Crippen molar-refractivity contribution in [1.82, 2.24) is 4.90 Å². The van der Waals surface area contributed by atoms with Crippen LogP contribution in [-0.4, -0.2) is 48.4 Å². The van der Waals surface area contributed by atoms with Gasteiger partial charge < -0.3 is 24.6 Å². The maximum absolute atomic E-state index is 15.0. The van der Waals surface area contributed by atoms with E-state index in [1.807, 2.05) is 43.0 Å². The number of ether oxygens (including phenoxy) is 3. The summed E-state index contributed by atoms with van der Waals surface area (Å²) < 4.78 is 31.4. The lowest BCUT2D eigenvalue weighted by Gasteiger charge is -2.27. The number of anilines is 1. The van der Waals surface area contributed by atoms with Gasteiger partial charge in [-0.3, -0.25) is 14.5 Å². The SMILES string of the molecule is CCOc1ccc(C2C(C(=O)O)C(c3ccc4c(c3)OCO4)CN2CC(=O)Nc2c(CC)cccc2CC)cc1F. The number of halogens is 1. The molecule has 2 N–H and O–H groups in total. The van der Waals surface area contributed by atoms with Crippen molar-refractivity contribution in [3.8, 4) is 17.2 Å². The zero-order valence-electron chi connectivity index (χ0n) is 23.5. The Balaban J connectivity index is 1.51. The van der Waals surface area contributed by atoms with Crippen LogP contribution in [0.25, 0.3) is 0 Å². The number of carboxylic acid groups (broad SMARTS) is 1. The molecule has 216 valence electrons. The molecule has 2 aliphatic heterocycles. The van der Waals surface area contributed by atoms with Crippen molar-refractivity contribution in [2.24, 2.45) is 5.92 Å². The number of nitrogens with zero attached hydrogens (tertiary/aromatic N) is 1. The number of carboxylic acids is 1. The Labute approximate surface area is 239 Å². The fraction of sp³-hybridized carbons (Fsp3) is 0.375. The number of carbonyl (C=O) groups is 2. The van der Waals surface area contributed by atoms with Gasteiger partial charge in [0.1, 0.15) is 0 Å². The van der Waals surface area contributed by atoms with Crippen molar-refractivity contribution in [1.29, 1.82) is 0 Å². The third kappa shape index (κ3) is 5.72. The highest BCUT2D eigenvalue weighted by Crippen LogP contribution is 2.48. The quantitative estimate of drug-likeness (QED) is 0.334. The summed E-state index contributed by atoms with van der Waals surface area (Å²) in [7, 11) is 0. The smallest absolute Gasteiger partial charge is 0.309 e. The highest BCUT2D eigenvalue weighted by atomic mass is 19.1. The predicted octanol–water partition coefficient (Wildman–Crippen LogP) is 5.56. The number of aliphatic carboxylic acids is 1. The first kappa shape index (κ1) is 28.4. The molecule has 3 unspecified atom stereocenters. The molecule has 0 aromatic heterocycles. The van der Waals surface area contributed by atoms with Crippen LogP contribution in [0, 0.1) is 11.7 Å². The van der Waals surface area contributed by atoms with E-state index < -0.39 is 29.7 Å². The normalized spacial score (nSPS) is 19.8. The molecule has 2 aliphatic rings. The van der Waals surface area contributed by atoms with Crippen molar-refractivity contribution in [2.75, 3.05) is 31.8 Å². The third-order valence-electron chi connectivity index (χ3n) is 7.92. The minimum absolute atomic E-state index is 0.0640. The fourth-order valence-corrected chi connectivity index (χ4v) is 6.01. The molecule has 1 fully saturated rings. The largest absolute Gasteiger partial charge is 0.491 e. The number of hydrogen-bond acceptors (Lipinski definition) is 6. The molecule has 0 spiro atoms. The van der Waals surface area contributed by atoms with E-state index in [2.05, 4.69) is 5.32 Å². The number of fused-ring (bicyclic) bond motifs is 1. The molecule has 9 heteroatoms. The molecule has 8 nitrogen and oxygen atoms in total. The van der Waals surface area contributed by atoms with Gasteiger partial charge in [-0.05, 0) is 66.3 Å². The molecule has 2 heterocycles. The minimum Gasteiger partial charge on any atom is -0.491 e. The van der Waals surface area contributed by atoms with Gasteiger partial charge in [0.15, 0.2) is 23.1 Å². The molecule has 0 saturated carbocycles. The molecule has 1 saturated heterocycles. The number of nitrogens with one attached hydrogen (secondary N) is 1. The number of para-hydroxylation sites is 1. The molecular formula is C32H35FN2O6. The summed E-state index contributed by atoms with van der Waals surface area (Å²) >= 11 is 0. The van der Waals surface area contributed by atoms with E-state index in [-0.39, 0.29) is 31.5 Å². The molecular weight excluding hydrogens is 527 g/mol. The summed E-state index contributed by atoms with van der Waals surface area (Å²) in [5.41, 5.74) is 4.09. The summed E-state index contributed by atoms with van der Waals surface area (Å²) in [6.07, 6.45) is 1.52. The van der Waals surface area contributed by atoms with Gasteiger partial charge in [-0.15, -0.1) is 0 Å². The second-order valence-electron chi connectivity index (χ2n) is 10.3. The number of aryl methyl sites for hydroxylation is 2. The van der Waals surface area contributed by atoms with Crippen LogP contribution < -0.4 is 19.5 Å². The Kier molecular flexibility index (Phi) is 8.44. The average Bonchev–Trinajstić information content (AvgIpc) is 3.58. The van der Waals surface area contributed by atoms with Crippen LogP contribution in [0.2, 0.25) is 0 Å². The van der Waals surface area contributed by atoms with Crippen LogP contribution in [0.4, 0.5) is 10.1 Å². The maximum Gasteiger partial charge on any atom is 0.309 e. The van der Waals surface area contributed by atoms with Crippen LogP contribution in [0.3, 0.4) is 0 Å². The average molecular weight is 563 g/mol. The van der Waals surface area contributed by atoms with E-state index in [1.165, 1.54) is 12.1 Å². The Morgan fingerprint density at radius 2 is 1.71 bits per heavy atom. The van der Waals surface area contributed by atoms with Crippen LogP contribution in [0.5, 0.6) is 17.2 Å². The molecule has 3 aromatic rings. The van der Waals surface area contributed by atoms with Gasteiger partial charge in [0.2, 0.25) is 12.7 Å². The van der Waals surface area contributed by atoms with Gasteiger partial charge in [0.05, 0.1) is 19.1 Å². The Morgan fingerprint density at radius 1 is 1.00 bits per heavy atom. The van der Waals surface area contributed by atoms with Crippen molar-refractivity contribution in [3.05, 3.63) is 82.7 Å². The van der Waals surface area contributed by atoms with E-state index in [0.717, 1.165) is 35.2 Å². The van der Waals surface area contributed by atoms with Gasteiger partial charge >= 0.3 is 5.97 Å². The lowest BCUT2D eigenvalue weighted by molar-refractivity contribution is -0.143. The number of rotatable bonds is 10. The highest BCUT2D eigenvalue weighted by Gasteiger charge is 2.48. The van der Waals surface area contributed by atoms with Crippen LogP contribution in [0.1, 0.15) is 55.0 Å². The van der Waals surface area contributed by atoms with Gasteiger partial charge in [0.25, 0.3) is 0 Å². The van der Waals surface area contributed by atoms with E-state index in [4.69, 9.17) is 14.2 Å². The molecule has 0 radical (unpaired) electrons. The first-order valence-electron chi connectivity index (χ1n) is 14.0. The summed E-state index contributed by atoms with van der Waals surface area (Å²) in [5, 5.41) is 13.6. The van der Waals surface area contributed by atoms with Gasteiger partial charge in [0, 0.05) is 24.2 Å².